The van der Waals surface area contributed by atoms with Crippen molar-refractivity contribution in [1.29, 1.82) is 0 Å². The van der Waals surface area contributed by atoms with Crippen LogP contribution in [0.25, 0.3) is 0 Å². The van der Waals surface area contributed by atoms with Crippen molar-refractivity contribution in [3.8, 4) is 11.5 Å². The highest BCUT2D eigenvalue weighted by Crippen LogP contribution is 2.39. The second-order valence-corrected chi connectivity index (χ2v) is 8.08. The topological polar surface area (TPSA) is 67.7 Å². The minimum absolute atomic E-state index is 0.132. The van der Waals surface area contributed by atoms with Gasteiger partial charge in [-0.05, 0) is 27.7 Å². The van der Waals surface area contributed by atoms with Crippen LogP contribution in [0.1, 0.15) is 27.7 Å². The predicted molar refractivity (Wildman–Crippen MR) is 123 cm³/mol. The molecule has 0 aliphatic carbocycles. The minimum atomic E-state index is -0.342. The van der Waals surface area contributed by atoms with Gasteiger partial charge in [-0.25, -0.2) is 0 Å². The SMILES string of the molecule is CCOc1cc(N2CCOCC2)c(OCC)cc1N[C@@H](C)C(=O)N1CC[NH+](CC)CC1. The maximum atomic E-state index is 13.1. The summed E-state index contributed by atoms with van der Waals surface area (Å²) in [5, 5.41) is 3.40. The fraction of sp³-hybridized carbons (Fsp3) is 0.696. The van der Waals surface area contributed by atoms with Crippen molar-refractivity contribution in [3.63, 3.8) is 0 Å². The molecule has 0 bridgehead atoms. The Morgan fingerprint density at radius 3 is 2.32 bits per heavy atom. The zero-order chi connectivity index (χ0) is 22.2. The van der Waals surface area contributed by atoms with Gasteiger partial charge in [0.2, 0.25) is 5.91 Å². The third-order valence-electron chi connectivity index (χ3n) is 6.04. The number of hydrogen-bond donors (Lipinski definition) is 2. The van der Waals surface area contributed by atoms with Gasteiger partial charge in [-0.2, -0.15) is 0 Å². The van der Waals surface area contributed by atoms with Gasteiger partial charge in [0.05, 0.1) is 70.5 Å². The zero-order valence-corrected chi connectivity index (χ0v) is 19.5. The predicted octanol–water partition coefficient (Wildman–Crippen LogP) is 0.868. The highest BCUT2D eigenvalue weighted by molar-refractivity contribution is 5.85. The summed E-state index contributed by atoms with van der Waals surface area (Å²) in [6.45, 7) is 17.0. The molecule has 1 amide bonds. The average Bonchev–Trinajstić information content (AvgIpc) is 2.81. The molecule has 0 spiro atoms. The van der Waals surface area contributed by atoms with Crippen molar-refractivity contribution in [2.75, 3.05) is 82.5 Å². The Morgan fingerprint density at radius 1 is 1.06 bits per heavy atom. The lowest BCUT2D eigenvalue weighted by atomic mass is 10.1. The number of ether oxygens (including phenoxy) is 3. The standard InChI is InChI=1S/C23H38N4O4/c1-5-25-8-10-27(11-9-25)23(28)18(4)24-19-16-22(31-7-3)20(17-21(19)30-6-2)26-12-14-29-15-13-26/h16-18,24H,5-15H2,1-4H3/p+1/t18-/m0/s1. The van der Waals surface area contributed by atoms with E-state index in [2.05, 4.69) is 17.1 Å². The summed E-state index contributed by atoms with van der Waals surface area (Å²) in [7, 11) is 0. The number of likely N-dealkylation sites (N-methyl/N-ethyl adjacent to an activating group) is 1. The molecule has 2 aliphatic heterocycles. The van der Waals surface area contributed by atoms with Gasteiger partial charge >= 0.3 is 0 Å². The van der Waals surface area contributed by atoms with Crippen molar-refractivity contribution >= 4 is 17.3 Å². The summed E-state index contributed by atoms with van der Waals surface area (Å²) in [5.41, 5.74) is 1.80. The van der Waals surface area contributed by atoms with E-state index in [1.165, 1.54) is 0 Å². The molecule has 1 aromatic rings. The van der Waals surface area contributed by atoms with Gasteiger partial charge in [0.25, 0.3) is 0 Å². The number of piperazine rings is 1. The van der Waals surface area contributed by atoms with Crippen molar-refractivity contribution in [1.82, 2.24) is 4.90 Å². The molecule has 0 saturated carbocycles. The number of hydrogen-bond acceptors (Lipinski definition) is 6. The molecular weight excluding hydrogens is 396 g/mol. The molecule has 3 rings (SSSR count). The molecule has 2 heterocycles. The Balaban J connectivity index is 1.78. The van der Waals surface area contributed by atoms with Crippen LogP contribution in [0.5, 0.6) is 11.5 Å². The fourth-order valence-corrected chi connectivity index (χ4v) is 4.23. The van der Waals surface area contributed by atoms with Crippen molar-refractivity contribution in [2.24, 2.45) is 0 Å². The molecule has 1 aromatic carbocycles. The van der Waals surface area contributed by atoms with E-state index < -0.39 is 0 Å². The summed E-state index contributed by atoms with van der Waals surface area (Å²) in [6.07, 6.45) is 0. The van der Waals surface area contributed by atoms with E-state index in [1.807, 2.05) is 37.8 Å². The first-order valence-electron chi connectivity index (χ1n) is 11.7. The maximum Gasteiger partial charge on any atom is 0.245 e. The van der Waals surface area contributed by atoms with Gasteiger partial charge in [0, 0.05) is 25.2 Å². The highest BCUT2D eigenvalue weighted by Gasteiger charge is 2.27. The van der Waals surface area contributed by atoms with Crippen LogP contribution in [0.15, 0.2) is 12.1 Å². The number of carbonyl (C=O) groups is 1. The average molecular weight is 436 g/mol. The maximum absolute atomic E-state index is 13.1. The van der Waals surface area contributed by atoms with Crippen LogP contribution in [0.2, 0.25) is 0 Å². The number of anilines is 2. The molecule has 2 N–H and O–H groups in total. The summed E-state index contributed by atoms with van der Waals surface area (Å²) in [4.78, 5) is 18.9. The van der Waals surface area contributed by atoms with Gasteiger partial charge in [0.15, 0.2) is 0 Å². The van der Waals surface area contributed by atoms with Gasteiger partial charge in [0.1, 0.15) is 17.5 Å². The third-order valence-corrected chi connectivity index (χ3v) is 6.04. The van der Waals surface area contributed by atoms with Crippen LogP contribution in [0.3, 0.4) is 0 Å². The molecule has 0 aromatic heterocycles. The molecule has 1 atom stereocenters. The van der Waals surface area contributed by atoms with Gasteiger partial charge in [-0.1, -0.05) is 0 Å². The Hall–Kier alpha value is -2.19. The Morgan fingerprint density at radius 2 is 1.71 bits per heavy atom. The van der Waals surface area contributed by atoms with Gasteiger partial charge in [-0.15, -0.1) is 0 Å². The molecule has 8 nitrogen and oxygen atoms in total. The second-order valence-electron chi connectivity index (χ2n) is 8.08. The lowest BCUT2D eigenvalue weighted by Gasteiger charge is -2.34. The number of nitrogens with zero attached hydrogens (tertiary/aromatic N) is 2. The molecule has 8 heteroatoms. The molecule has 0 radical (unpaired) electrons. The molecular formula is C23H39N4O4+. The Kier molecular flexibility index (Phi) is 8.66. The molecule has 2 saturated heterocycles. The van der Waals surface area contributed by atoms with E-state index >= 15 is 0 Å². The molecule has 31 heavy (non-hydrogen) atoms. The summed E-state index contributed by atoms with van der Waals surface area (Å²) >= 11 is 0. The van der Waals surface area contributed by atoms with E-state index in [-0.39, 0.29) is 11.9 Å². The van der Waals surface area contributed by atoms with Gasteiger partial charge in [-0.3, -0.25) is 4.79 Å². The van der Waals surface area contributed by atoms with Crippen molar-refractivity contribution < 1.29 is 23.9 Å². The first kappa shape index (κ1) is 23.5. The molecule has 2 fully saturated rings. The summed E-state index contributed by atoms with van der Waals surface area (Å²) in [5.74, 6) is 1.68. The summed E-state index contributed by atoms with van der Waals surface area (Å²) < 4.78 is 17.4. The quantitative estimate of drug-likeness (QED) is 0.600. The van der Waals surface area contributed by atoms with Gasteiger partial charge < -0.3 is 34.2 Å². The number of carbonyl (C=O) groups excluding carboxylic acids is 1. The number of benzene rings is 1. The second kappa shape index (κ2) is 11.4. The molecule has 174 valence electrons. The Bertz CT molecular complexity index is 716. The number of morpholine rings is 1. The smallest absolute Gasteiger partial charge is 0.245 e. The van der Waals surface area contributed by atoms with Crippen LogP contribution in [0.4, 0.5) is 11.4 Å². The number of amides is 1. The lowest BCUT2D eigenvalue weighted by Crippen LogP contribution is -3.14. The normalized spacial score (nSPS) is 18.6. The first-order valence-corrected chi connectivity index (χ1v) is 11.7. The number of rotatable bonds is 9. The first-order chi connectivity index (χ1) is 15.1. The summed E-state index contributed by atoms with van der Waals surface area (Å²) in [6, 6.07) is 3.66. The Labute approximate surface area is 186 Å². The highest BCUT2D eigenvalue weighted by atomic mass is 16.5. The number of quaternary nitrogens is 1. The van der Waals surface area contributed by atoms with Crippen molar-refractivity contribution in [2.45, 2.75) is 33.7 Å². The monoisotopic (exact) mass is 435 g/mol. The fourth-order valence-electron chi connectivity index (χ4n) is 4.23. The van der Waals surface area contributed by atoms with Crippen LogP contribution >= 0.6 is 0 Å². The zero-order valence-electron chi connectivity index (χ0n) is 19.5. The molecule has 0 unspecified atom stereocenters. The van der Waals surface area contributed by atoms with E-state index in [0.29, 0.717) is 26.4 Å². The third kappa shape index (κ3) is 5.95. The minimum Gasteiger partial charge on any atom is -0.492 e. The largest absolute Gasteiger partial charge is 0.492 e. The molecule has 2 aliphatic rings. The van der Waals surface area contributed by atoms with E-state index in [9.17, 15) is 4.79 Å². The van der Waals surface area contributed by atoms with Crippen LogP contribution in [0, 0.1) is 0 Å². The van der Waals surface area contributed by atoms with E-state index in [0.717, 1.165) is 68.7 Å². The van der Waals surface area contributed by atoms with Crippen LogP contribution in [-0.2, 0) is 9.53 Å². The van der Waals surface area contributed by atoms with Crippen molar-refractivity contribution in [3.05, 3.63) is 12.1 Å². The lowest BCUT2D eigenvalue weighted by molar-refractivity contribution is -0.902. The van der Waals surface area contributed by atoms with E-state index in [1.54, 1.807) is 4.90 Å². The van der Waals surface area contributed by atoms with Crippen LogP contribution in [-0.4, -0.2) is 89.1 Å². The number of nitrogens with one attached hydrogen (secondary N) is 2. The van der Waals surface area contributed by atoms with E-state index in [4.69, 9.17) is 14.2 Å². The van der Waals surface area contributed by atoms with Crippen LogP contribution < -0.4 is 24.6 Å².